The van der Waals surface area contributed by atoms with Crippen LogP contribution in [0.5, 0.6) is 0 Å². The van der Waals surface area contributed by atoms with Gasteiger partial charge in [0.15, 0.2) is 0 Å². The number of sulfonamides is 1. The second-order valence-corrected chi connectivity index (χ2v) is 9.32. The Morgan fingerprint density at radius 3 is 2.56 bits per heavy atom. The third-order valence-electron chi connectivity index (χ3n) is 3.68. The summed E-state index contributed by atoms with van der Waals surface area (Å²) in [6.45, 7) is 6.54. The van der Waals surface area contributed by atoms with Gasteiger partial charge in [0.2, 0.25) is 0 Å². The molecule has 2 aromatic heterocycles. The Morgan fingerprint density at radius 1 is 1.28 bits per heavy atom. The molecule has 0 bridgehead atoms. The molecule has 2 aromatic rings. The van der Waals surface area contributed by atoms with Gasteiger partial charge in [0.25, 0.3) is 15.9 Å². The fourth-order valence-corrected chi connectivity index (χ4v) is 6.00. The second-order valence-electron chi connectivity index (χ2n) is 5.21. The third-order valence-corrected chi connectivity index (χ3v) is 8.24. The van der Waals surface area contributed by atoms with Crippen molar-refractivity contribution in [2.75, 3.05) is 25.5 Å². The SMILES string of the molecule is CCN(CC)S(=O)(=O)c1ccc(CNC(=O)c2c(C)nsc2NC)s1. The highest BCUT2D eigenvalue weighted by molar-refractivity contribution is 7.91. The normalized spacial score (nSPS) is 11.7. The van der Waals surface area contributed by atoms with Crippen LogP contribution in [-0.4, -0.2) is 43.1 Å². The van der Waals surface area contributed by atoms with Crippen molar-refractivity contribution in [3.63, 3.8) is 0 Å². The highest BCUT2D eigenvalue weighted by atomic mass is 32.2. The summed E-state index contributed by atoms with van der Waals surface area (Å²) in [4.78, 5) is 13.2. The topological polar surface area (TPSA) is 91.4 Å². The van der Waals surface area contributed by atoms with E-state index in [0.29, 0.717) is 33.6 Å². The molecule has 0 aromatic carbocycles. The van der Waals surface area contributed by atoms with E-state index in [1.807, 2.05) is 13.8 Å². The van der Waals surface area contributed by atoms with Crippen molar-refractivity contribution in [1.82, 2.24) is 14.0 Å². The molecule has 10 heteroatoms. The van der Waals surface area contributed by atoms with Crippen LogP contribution >= 0.6 is 22.9 Å². The summed E-state index contributed by atoms with van der Waals surface area (Å²) in [5, 5.41) is 6.50. The average Bonchev–Trinajstić information content (AvgIpc) is 3.20. The predicted octanol–water partition coefficient (Wildman–Crippen LogP) is 2.52. The Bertz CT molecular complexity index is 838. The molecule has 1 amide bonds. The van der Waals surface area contributed by atoms with Gasteiger partial charge in [-0.2, -0.15) is 8.68 Å². The number of carbonyl (C=O) groups excluding carboxylic acids is 1. The van der Waals surface area contributed by atoms with Gasteiger partial charge >= 0.3 is 0 Å². The minimum atomic E-state index is -3.46. The molecule has 0 saturated heterocycles. The predicted molar refractivity (Wildman–Crippen MR) is 102 cm³/mol. The van der Waals surface area contributed by atoms with Gasteiger partial charge in [0.1, 0.15) is 9.21 Å². The lowest BCUT2D eigenvalue weighted by atomic mass is 10.2. The van der Waals surface area contributed by atoms with Crippen LogP contribution in [0.15, 0.2) is 16.3 Å². The number of aryl methyl sites for hydroxylation is 1. The first-order chi connectivity index (χ1) is 11.8. The zero-order chi connectivity index (χ0) is 18.6. The Kier molecular flexibility index (Phi) is 6.55. The molecule has 0 spiro atoms. The maximum Gasteiger partial charge on any atom is 0.256 e. The molecule has 0 aliphatic rings. The Hall–Kier alpha value is -1.49. The van der Waals surface area contributed by atoms with Gasteiger partial charge in [-0.3, -0.25) is 4.79 Å². The highest BCUT2D eigenvalue weighted by Crippen LogP contribution is 2.26. The summed E-state index contributed by atoms with van der Waals surface area (Å²) in [7, 11) is -1.72. The molecular weight excluding hydrogens is 380 g/mol. The van der Waals surface area contributed by atoms with Crippen molar-refractivity contribution in [3.05, 3.63) is 28.3 Å². The summed E-state index contributed by atoms with van der Waals surface area (Å²) >= 11 is 2.42. The summed E-state index contributed by atoms with van der Waals surface area (Å²) in [5.74, 6) is -0.225. The number of nitrogens with zero attached hydrogens (tertiary/aromatic N) is 2. The first-order valence-electron chi connectivity index (χ1n) is 7.86. The zero-order valence-electron chi connectivity index (χ0n) is 14.6. The van der Waals surface area contributed by atoms with E-state index < -0.39 is 10.0 Å². The van der Waals surface area contributed by atoms with E-state index >= 15 is 0 Å². The van der Waals surface area contributed by atoms with E-state index in [4.69, 9.17) is 0 Å². The number of rotatable bonds is 8. The summed E-state index contributed by atoms with van der Waals surface area (Å²) < 4.78 is 30.9. The molecule has 0 aliphatic heterocycles. The molecule has 7 nitrogen and oxygen atoms in total. The minimum Gasteiger partial charge on any atom is -0.378 e. The lowest BCUT2D eigenvalue weighted by molar-refractivity contribution is 0.0951. The number of amides is 1. The van der Waals surface area contributed by atoms with E-state index in [0.717, 1.165) is 4.88 Å². The van der Waals surface area contributed by atoms with Crippen molar-refractivity contribution in [2.45, 2.75) is 31.5 Å². The molecule has 138 valence electrons. The van der Waals surface area contributed by atoms with Gasteiger partial charge in [-0.05, 0) is 30.6 Å². The summed E-state index contributed by atoms with van der Waals surface area (Å²) in [6.07, 6.45) is 0. The number of hydrogen-bond acceptors (Lipinski definition) is 7. The number of nitrogens with one attached hydrogen (secondary N) is 2. The molecule has 0 fully saturated rings. The van der Waals surface area contributed by atoms with Gasteiger partial charge in [0.05, 0.1) is 17.8 Å². The molecule has 2 N–H and O–H groups in total. The van der Waals surface area contributed by atoms with Crippen LogP contribution in [0.3, 0.4) is 0 Å². The van der Waals surface area contributed by atoms with Crippen molar-refractivity contribution >= 4 is 43.8 Å². The van der Waals surface area contributed by atoms with Crippen molar-refractivity contribution in [3.8, 4) is 0 Å². The summed E-state index contributed by atoms with van der Waals surface area (Å²) in [5.41, 5.74) is 1.20. The quantitative estimate of drug-likeness (QED) is 0.708. The molecule has 0 radical (unpaired) electrons. The number of carbonyl (C=O) groups is 1. The molecule has 2 heterocycles. The fraction of sp³-hybridized carbons (Fsp3) is 0.467. The Morgan fingerprint density at radius 2 is 1.96 bits per heavy atom. The van der Waals surface area contributed by atoms with E-state index in [1.54, 1.807) is 26.1 Å². The van der Waals surface area contributed by atoms with Gasteiger partial charge in [-0.25, -0.2) is 8.42 Å². The highest BCUT2D eigenvalue weighted by Gasteiger charge is 2.24. The fourth-order valence-electron chi connectivity index (χ4n) is 2.35. The molecule has 2 rings (SSSR count). The average molecular weight is 403 g/mol. The van der Waals surface area contributed by atoms with Gasteiger partial charge in [-0.15, -0.1) is 11.3 Å². The van der Waals surface area contributed by atoms with Crippen molar-refractivity contribution in [1.29, 1.82) is 0 Å². The molecule has 0 atom stereocenters. The zero-order valence-corrected chi connectivity index (χ0v) is 17.1. The van der Waals surface area contributed by atoms with Gasteiger partial charge < -0.3 is 10.6 Å². The maximum absolute atomic E-state index is 12.5. The number of thiophene rings is 1. The van der Waals surface area contributed by atoms with E-state index in [1.165, 1.54) is 27.2 Å². The monoisotopic (exact) mass is 402 g/mol. The maximum atomic E-state index is 12.5. The van der Waals surface area contributed by atoms with Crippen molar-refractivity contribution < 1.29 is 13.2 Å². The number of hydrogen-bond donors (Lipinski definition) is 2. The number of aromatic nitrogens is 1. The van der Waals surface area contributed by atoms with Crippen LogP contribution in [0.2, 0.25) is 0 Å². The van der Waals surface area contributed by atoms with Crippen LogP contribution < -0.4 is 10.6 Å². The van der Waals surface area contributed by atoms with Gasteiger partial charge in [-0.1, -0.05) is 13.8 Å². The van der Waals surface area contributed by atoms with Crippen molar-refractivity contribution in [2.24, 2.45) is 0 Å². The number of anilines is 1. The largest absolute Gasteiger partial charge is 0.378 e. The smallest absolute Gasteiger partial charge is 0.256 e. The standard InChI is InChI=1S/C15H22N4O3S3/c1-5-19(6-2)25(21,22)12-8-7-11(23-12)9-17-14(20)13-10(3)18-24-15(13)16-4/h7-8,16H,5-6,9H2,1-4H3,(H,17,20). The first kappa shape index (κ1) is 19.8. The molecule has 0 aliphatic carbocycles. The Balaban J connectivity index is 2.09. The molecule has 0 unspecified atom stereocenters. The van der Waals surface area contributed by atoms with Crippen LogP contribution in [0.25, 0.3) is 0 Å². The first-order valence-corrected chi connectivity index (χ1v) is 10.9. The minimum absolute atomic E-state index is 0.225. The van der Waals surface area contributed by atoms with Crippen LogP contribution in [0.4, 0.5) is 5.00 Å². The molecular formula is C15H22N4O3S3. The van der Waals surface area contributed by atoms with Crippen LogP contribution in [0, 0.1) is 6.92 Å². The van der Waals surface area contributed by atoms with Gasteiger partial charge in [0, 0.05) is 25.0 Å². The molecule has 25 heavy (non-hydrogen) atoms. The second kappa shape index (κ2) is 8.26. The van der Waals surface area contributed by atoms with Crippen LogP contribution in [0.1, 0.15) is 34.8 Å². The lowest BCUT2D eigenvalue weighted by Gasteiger charge is -2.16. The summed E-state index contributed by atoms with van der Waals surface area (Å²) in [6, 6.07) is 3.33. The van der Waals surface area contributed by atoms with E-state index in [2.05, 4.69) is 15.0 Å². The van der Waals surface area contributed by atoms with Crippen LogP contribution in [-0.2, 0) is 16.6 Å². The third kappa shape index (κ3) is 4.20. The van der Waals surface area contributed by atoms with E-state index in [-0.39, 0.29) is 12.5 Å². The van der Waals surface area contributed by atoms with E-state index in [9.17, 15) is 13.2 Å². The Labute approximate surface area is 156 Å². The molecule has 0 saturated carbocycles. The lowest BCUT2D eigenvalue weighted by Crippen LogP contribution is -2.30.